The summed E-state index contributed by atoms with van der Waals surface area (Å²) >= 11 is 0. The third-order valence-corrected chi connectivity index (χ3v) is 9.01. The largest absolute Gasteiger partial charge is 0.455 e. The van der Waals surface area contributed by atoms with Gasteiger partial charge in [0.15, 0.2) is 5.84 Å². The number of furan rings is 2. The van der Waals surface area contributed by atoms with E-state index in [0.29, 0.717) is 23.8 Å². The number of nitrogens with two attached hydrogens (primary N) is 1. The molecule has 0 atom stereocenters. The van der Waals surface area contributed by atoms with Crippen LogP contribution in [0.25, 0.3) is 65.8 Å². The fourth-order valence-corrected chi connectivity index (χ4v) is 6.70. The highest BCUT2D eigenvalue weighted by Crippen LogP contribution is 2.37. The summed E-state index contributed by atoms with van der Waals surface area (Å²) < 4.78 is 12.8. The van der Waals surface area contributed by atoms with Crippen molar-refractivity contribution in [3.05, 3.63) is 168 Å². The van der Waals surface area contributed by atoms with Gasteiger partial charge in [0.05, 0.1) is 12.1 Å². The van der Waals surface area contributed by atoms with Crippen LogP contribution in [0, 0.1) is 0 Å². The highest BCUT2D eigenvalue weighted by Gasteiger charge is 2.17. The molecule has 9 aromatic rings. The van der Waals surface area contributed by atoms with Crippen LogP contribution >= 0.6 is 0 Å². The molecule has 0 fully saturated rings. The number of para-hydroxylation sites is 3. The van der Waals surface area contributed by atoms with E-state index in [2.05, 4.69) is 78.9 Å². The zero-order valence-corrected chi connectivity index (χ0v) is 25.9. The lowest BCUT2D eigenvalue weighted by molar-refractivity contribution is 0.668. The number of rotatable bonds is 5. The first kappa shape index (κ1) is 27.8. The molecule has 0 bridgehead atoms. The number of amidine groups is 2. The first-order valence-corrected chi connectivity index (χ1v) is 16.0. The fraction of sp³-hybridized carbons (Fsp3) is 0.0233. The summed E-state index contributed by atoms with van der Waals surface area (Å²) in [4.78, 5) is 10.2. The Bertz CT molecular complexity index is 2720. The molecule has 0 radical (unpaired) electrons. The molecule has 48 heavy (non-hydrogen) atoms. The zero-order chi connectivity index (χ0) is 32.0. The molecular formula is C43H29N3O2. The first-order valence-electron chi connectivity index (χ1n) is 16.0. The summed E-state index contributed by atoms with van der Waals surface area (Å²) in [5.41, 5.74) is 14.9. The van der Waals surface area contributed by atoms with Crippen LogP contribution in [0.2, 0.25) is 0 Å². The smallest absolute Gasteiger partial charge is 0.157 e. The van der Waals surface area contributed by atoms with Crippen molar-refractivity contribution in [3.63, 3.8) is 0 Å². The molecule has 5 heteroatoms. The van der Waals surface area contributed by atoms with Gasteiger partial charge in [0.1, 0.15) is 28.2 Å². The number of hydrogen-bond acceptors (Lipinski definition) is 3. The third-order valence-electron chi connectivity index (χ3n) is 9.01. The van der Waals surface area contributed by atoms with Gasteiger partial charge in [-0.15, -0.1) is 0 Å². The number of aliphatic imine (C=N–C) groups is 2. The highest BCUT2D eigenvalue weighted by atomic mass is 16.3. The van der Waals surface area contributed by atoms with Crippen molar-refractivity contribution in [1.29, 1.82) is 0 Å². The Kier molecular flexibility index (Phi) is 6.61. The van der Waals surface area contributed by atoms with Gasteiger partial charge in [-0.1, -0.05) is 127 Å². The number of hydrogen-bond donors (Lipinski definition) is 1. The Hall–Kier alpha value is -6.46. The van der Waals surface area contributed by atoms with Gasteiger partial charge in [-0.05, 0) is 46.2 Å². The molecule has 7 aromatic carbocycles. The van der Waals surface area contributed by atoms with Crippen LogP contribution in [0.3, 0.4) is 0 Å². The molecule has 0 spiro atoms. The second-order valence-electron chi connectivity index (χ2n) is 11.9. The number of benzene rings is 7. The maximum absolute atomic E-state index is 6.82. The minimum Gasteiger partial charge on any atom is -0.455 e. The number of fused-ring (bicyclic) bond motifs is 7. The predicted molar refractivity (Wildman–Crippen MR) is 198 cm³/mol. The van der Waals surface area contributed by atoms with E-state index >= 15 is 0 Å². The number of nitrogens with zero attached hydrogens (tertiary/aromatic N) is 2. The van der Waals surface area contributed by atoms with Crippen molar-refractivity contribution in [1.82, 2.24) is 0 Å². The second-order valence-corrected chi connectivity index (χ2v) is 11.9. The topological polar surface area (TPSA) is 77.0 Å². The Labute approximate surface area is 276 Å². The van der Waals surface area contributed by atoms with E-state index in [1.165, 1.54) is 0 Å². The average molecular weight is 620 g/mol. The van der Waals surface area contributed by atoms with Gasteiger partial charge in [-0.3, -0.25) is 4.99 Å². The summed E-state index contributed by atoms with van der Waals surface area (Å²) in [5.74, 6) is 0.882. The molecule has 0 aliphatic rings. The minimum absolute atomic E-state index is 0.339. The maximum atomic E-state index is 6.82. The van der Waals surface area contributed by atoms with Crippen LogP contribution in [0.1, 0.15) is 16.7 Å². The molecule has 228 valence electrons. The Balaban J connectivity index is 1.19. The van der Waals surface area contributed by atoms with Gasteiger partial charge in [-0.2, -0.15) is 0 Å². The molecule has 0 saturated heterocycles. The van der Waals surface area contributed by atoms with Gasteiger partial charge in [-0.25, -0.2) is 4.99 Å². The lowest BCUT2D eigenvalue weighted by atomic mass is 10.0. The molecule has 9 rings (SSSR count). The molecule has 0 aliphatic carbocycles. The van der Waals surface area contributed by atoms with Gasteiger partial charge < -0.3 is 14.6 Å². The zero-order valence-electron chi connectivity index (χ0n) is 25.9. The van der Waals surface area contributed by atoms with E-state index < -0.39 is 0 Å². The third kappa shape index (κ3) is 4.72. The highest BCUT2D eigenvalue weighted by molar-refractivity contribution is 6.18. The fourth-order valence-electron chi connectivity index (χ4n) is 6.70. The molecule has 0 unspecified atom stereocenters. The molecule has 0 amide bonds. The maximum Gasteiger partial charge on any atom is 0.157 e. The van der Waals surface area contributed by atoms with Crippen molar-refractivity contribution < 1.29 is 8.83 Å². The van der Waals surface area contributed by atoms with Gasteiger partial charge >= 0.3 is 0 Å². The van der Waals surface area contributed by atoms with Crippen LogP contribution in [-0.2, 0) is 6.54 Å². The van der Waals surface area contributed by atoms with Crippen LogP contribution < -0.4 is 5.73 Å². The van der Waals surface area contributed by atoms with E-state index in [1.54, 1.807) is 0 Å². The van der Waals surface area contributed by atoms with E-state index in [0.717, 1.165) is 76.9 Å². The minimum atomic E-state index is 0.339. The van der Waals surface area contributed by atoms with E-state index in [1.807, 2.05) is 72.8 Å². The molecule has 2 aromatic heterocycles. The van der Waals surface area contributed by atoms with E-state index in [4.69, 9.17) is 24.6 Å². The lowest BCUT2D eigenvalue weighted by Gasteiger charge is -2.08. The second kappa shape index (κ2) is 11.4. The molecule has 5 nitrogen and oxygen atoms in total. The van der Waals surface area contributed by atoms with Crippen LogP contribution in [0.5, 0.6) is 0 Å². The molecule has 2 N–H and O–H groups in total. The van der Waals surface area contributed by atoms with Crippen LogP contribution in [-0.4, -0.2) is 11.7 Å². The lowest BCUT2D eigenvalue weighted by Crippen LogP contribution is -2.16. The van der Waals surface area contributed by atoms with Gasteiger partial charge in [0.2, 0.25) is 0 Å². The quantitative estimate of drug-likeness (QED) is 0.154. The SMILES string of the molecule is NC(=NC(=NCc1cccc2oc3c(-c4ccccc4)cccc3c12)c1ccc2ccccc2c1)c1cccc2c1oc1ccccc12. The van der Waals surface area contributed by atoms with E-state index in [9.17, 15) is 0 Å². The normalized spacial score (nSPS) is 12.6. The Morgan fingerprint density at radius 3 is 2.19 bits per heavy atom. The van der Waals surface area contributed by atoms with E-state index in [-0.39, 0.29) is 0 Å². The first-order chi connectivity index (χ1) is 23.7. The standard InChI is InChI=1S/C43H29N3O2/c44-42(36-20-10-18-34-33-16-6-7-21-37(33)47-41(34)36)46-43(30-24-23-27-11-4-5-14-29(27)25-30)45-26-31-15-8-22-38-39(31)35-19-9-17-32(40(35)48-38)28-12-2-1-3-13-28/h1-25H,26H2,(H2,44,45,46). The summed E-state index contributed by atoms with van der Waals surface area (Å²) in [7, 11) is 0. The van der Waals surface area contributed by atoms with Crippen LogP contribution in [0.15, 0.2) is 170 Å². The van der Waals surface area contributed by atoms with Crippen molar-refractivity contribution in [2.24, 2.45) is 15.7 Å². The molecule has 2 heterocycles. The Morgan fingerprint density at radius 1 is 0.562 bits per heavy atom. The summed E-state index contributed by atoms with van der Waals surface area (Å²) in [5, 5.41) is 6.40. The molecule has 0 saturated carbocycles. The summed E-state index contributed by atoms with van der Waals surface area (Å²) in [6.07, 6.45) is 0. The molecule has 0 aliphatic heterocycles. The average Bonchev–Trinajstić information content (AvgIpc) is 3.72. The van der Waals surface area contributed by atoms with Gasteiger partial charge in [0, 0.05) is 32.7 Å². The summed E-state index contributed by atoms with van der Waals surface area (Å²) in [6.45, 7) is 0.384. The molecular weight excluding hydrogens is 590 g/mol. The van der Waals surface area contributed by atoms with Crippen molar-refractivity contribution in [2.45, 2.75) is 6.54 Å². The predicted octanol–water partition coefficient (Wildman–Crippen LogP) is 10.7. The van der Waals surface area contributed by atoms with Crippen LogP contribution in [0.4, 0.5) is 0 Å². The Morgan fingerprint density at radius 2 is 1.27 bits per heavy atom. The van der Waals surface area contributed by atoms with Crippen molar-refractivity contribution in [2.75, 3.05) is 0 Å². The van der Waals surface area contributed by atoms with Gasteiger partial charge in [0.25, 0.3) is 0 Å². The monoisotopic (exact) mass is 619 g/mol. The van der Waals surface area contributed by atoms with Crippen molar-refractivity contribution >= 4 is 66.3 Å². The summed E-state index contributed by atoms with van der Waals surface area (Å²) in [6, 6.07) is 51.4. The van der Waals surface area contributed by atoms with Crippen molar-refractivity contribution in [3.8, 4) is 11.1 Å².